The van der Waals surface area contributed by atoms with Crippen molar-refractivity contribution in [3.63, 3.8) is 0 Å². The second-order valence-electron chi connectivity index (χ2n) is 5.77. The molecule has 0 aliphatic carbocycles. The zero-order chi connectivity index (χ0) is 17.9. The molecule has 0 saturated carbocycles. The van der Waals surface area contributed by atoms with E-state index in [0.717, 1.165) is 22.6 Å². The van der Waals surface area contributed by atoms with E-state index in [1.54, 1.807) is 23.5 Å². The molecule has 0 unspecified atom stereocenters. The Bertz CT molecular complexity index is 936. The van der Waals surface area contributed by atoms with Crippen LogP contribution in [-0.4, -0.2) is 19.7 Å². The number of nitrogens with zero attached hydrogens (tertiary/aromatic N) is 1. The lowest BCUT2D eigenvalue weighted by Crippen LogP contribution is -2.09. The molecule has 3 aromatic rings. The number of rotatable bonds is 6. The first-order valence-corrected chi connectivity index (χ1v) is 10.5. The molecule has 0 aliphatic rings. The van der Waals surface area contributed by atoms with Crippen LogP contribution in [0.2, 0.25) is 0 Å². The lowest BCUT2D eigenvalue weighted by molar-refractivity contribution is 0.607. The Morgan fingerprint density at radius 3 is 2.36 bits per heavy atom. The zero-order valence-corrected chi connectivity index (χ0v) is 15.6. The minimum atomic E-state index is -3.26. The summed E-state index contributed by atoms with van der Waals surface area (Å²) in [6.07, 6.45) is 1.13. The normalized spacial score (nSPS) is 12.6. The van der Waals surface area contributed by atoms with Gasteiger partial charge in [-0.15, -0.1) is 11.3 Å². The average Bonchev–Trinajstić information content (AvgIpc) is 3.03. The topological polar surface area (TPSA) is 71.1 Å². The number of aromatic nitrogens is 1. The van der Waals surface area contributed by atoms with Crippen molar-refractivity contribution >= 4 is 32.2 Å². The Labute approximate surface area is 151 Å². The number of anilines is 2. The summed E-state index contributed by atoms with van der Waals surface area (Å²) < 4.78 is 24.9. The first-order valence-electron chi connectivity index (χ1n) is 7.76. The first kappa shape index (κ1) is 17.4. The molecule has 5 nitrogen and oxygen atoms in total. The summed E-state index contributed by atoms with van der Waals surface area (Å²) in [7, 11) is -3.26. The maximum atomic E-state index is 11.2. The second kappa shape index (κ2) is 7.25. The van der Waals surface area contributed by atoms with E-state index < -0.39 is 10.0 Å². The largest absolute Gasteiger partial charge is 0.355 e. The smallest absolute Gasteiger partial charge is 0.229 e. The number of thiazole rings is 1. The second-order valence-corrected chi connectivity index (χ2v) is 8.37. The van der Waals surface area contributed by atoms with Gasteiger partial charge in [-0.05, 0) is 24.6 Å². The van der Waals surface area contributed by atoms with Crippen LogP contribution in [0.5, 0.6) is 0 Å². The molecule has 0 amide bonds. The van der Waals surface area contributed by atoms with Gasteiger partial charge in [-0.3, -0.25) is 4.72 Å². The Kier molecular flexibility index (Phi) is 5.06. The van der Waals surface area contributed by atoms with E-state index in [1.165, 1.54) is 5.56 Å². The van der Waals surface area contributed by atoms with Gasteiger partial charge in [0.1, 0.15) is 0 Å². The lowest BCUT2D eigenvalue weighted by Gasteiger charge is -2.12. The highest BCUT2D eigenvalue weighted by Gasteiger charge is 2.09. The van der Waals surface area contributed by atoms with Crippen molar-refractivity contribution in [2.45, 2.75) is 13.0 Å². The Hall–Kier alpha value is -2.38. The quantitative estimate of drug-likeness (QED) is 0.674. The van der Waals surface area contributed by atoms with E-state index in [4.69, 9.17) is 0 Å². The van der Waals surface area contributed by atoms with Gasteiger partial charge in [-0.2, -0.15) is 0 Å². The van der Waals surface area contributed by atoms with E-state index in [9.17, 15) is 8.42 Å². The highest BCUT2D eigenvalue weighted by Crippen LogP contribution is 2.28. The van der Waals surface area contributed by atoms with Crippen molar-refractivity contribution in [1.29, 1.82) is 0 Å². The Morgan fingerprint density at radius 2 is 1.72 bits per heavy atom. The van der Waals surface area contributed by atoms with Crippen LogP contribution in [0, 0.1) is 0 Å². The van der Waals surface area contributed by atoms with Crippen molar-refractivity contribution in [3.05, 3.63) is 65.5 Å². The molecule has 0 spiro atoms. The molecule has 25 heavy (non-hydrogen) atoms. The summed E-state index contributed by atoms with van der Waals surface area (Å²) in [5, 5.41) is 6.24. The van der Waals surface area contributed by atoms with Gasteiger partial charge in [0.2, 0.25) is 10.0 Å². The first-order chi connectivity index (χ1) is 11.9. The maximum Gasteiger partial charge on any atom is 0.229 e. The van der Waals surface area contributed by atoms with Gasteiger partial charge in [0.15, 0.2) is 5.13 Å². The molecule has 3 rings (SSSR count). The van der Waals surface area contributed by atoms with Gasteiger partial charge >= 0.3 is 0 Å². The van der Waals surface area contributed by atoms with E-state index in [0.29, 0.717) is 5.69 Å². The van der Waals surface area contributed by atoms with Crippen molar-refractivity contribution in [1.82, 2.24) is 4.98 Å². The van der Waals surface area contributed by atoms with Gasteiger partial charge in [0.25, 0.3) is 0 Å². The molecule has 0 radical (unpaired) electrons. The molecule has 7 heteroatoms. The van der Waals surface area contributed by atoms with E-state index >= 15 is 0 Å². The predicted molar refractivity (Wildman–Crippen MR) is 104 cm³/mol. The van der Waals surface area contributed by atoms with Gasteiger partial charge in [-0.25, -0.2) is 13.4 Å². The van der Waals surface area contributed by atoms with Crippen molar-refractivity contribution in [2.24, 2.45) is 0 Å². The van der Waals surface area contributed by atoms with Crippen molar-refractivity contribution < 1.29 is 8.42 Å². The summed E-state index contributed by atoms with van der Waals surface area (Å²) in [4.78, 5) is 4.62. The molecule has 0 saturated heterocycles. The van der Waals surface area contributed by atoms with Crippen LogP contribution >= 0.6 is 11.3 Å². The molecular weight excluding hydrogens is 354 g/mol. The third-order valence-electron chi connectivity index (χ3n) is 3.63. The molecular formula is C18H19N3O2S2. The van der Waals surface area contributed by atoms with Crippen LogP contribution in [0.3, 0.4) is 0 Å². The summed E-state index contributed by atoms with van der Waals surface area (Å²) in [6, 6.07) is 17.5. The average molecular weight is 374 g/mol. The molecule has 1 atom stereocenters. The molecule has 0 aliphatic heterocycles. The number of benzene rings is 2. The molecule has 0 fully saturated rings. The van der Waals surface area contributed by atoms with Crippen molar-refractivity contribution in [3.8, 4) is 11.3 Å². The Morgan fingerprint density at radius 1 is 1.04 bits per heavy atom. The van der Waals surface area contributed by atoms with Crippen LogP contribution in [0.4, 0.5) is 10.8 Å². The van der Waals surface area contributed by atoms with Crippen molar-refractivity contribution in [2.75, 3.05) is 16.3 Å². The molecule has 2 N–H and O–H groups in total. The van der Waals surface area contributed by atoms with Crippen LogP contribution in [-0.2, 0) is 10.0 Å². The number of sulfonamides is 1. The fraction of sp³-hybridized carbons (Fsp3) is 0.167. The molecule has 0 bridgehead atoms. The monoisotopic (exact) mass is 373 g/mol. The molecule has 130 valence electrons. The maximum absolute atomic E-state index is 11.2. The zero-order valence-electron chi connectivity index (χ0n) is 13.9. The molecule has 1 heterocycles. The van der Waals surface area contributed by atoms with E-state index in [2.05, 4.69) is 34.1 Å². The third kappa shape index (κ3) is 4.80. The Balaban J connectivity index is 1.71. The van der Waals surface area contributed by atoms with Crippen LogP contribution in [0.25, 0.3) is 11.3 Å². The summed E-state index contributed by atoms with van der Waals surface area (Å²) >= 11 is 1.55. The van der Waals surface area contributed by atoms with E-state index in [1.807, 2.05) is 35.7 Å². The van der Waals surface area contributed by atoms with Crippen LogP contribution in [0.15, 0.2) is 60.0 Å². The number of nitrogens with one attached hydrogen (secondary N) is 2. The molecule has 1 aromatic heterocycles. The SMILES string of the molecule is C[C@@H](Nc1nc(-c2ccc(NS(C)(=O)=O)cc2)cs1)c1ccccc1. The highest BCUT2D eigenvalue weighted by atomic mass is 32.2. The van der Waals surface area contributed by atoms with Gasteiger partial charge in [0, 0.05) is 16.6 Å². The van der Waals surface area contributed by atoms with Crippen LogP contribution in [0.1, 0.15) is 18.5 Å². The fourth-order valence-corrected chi connectivity index (χ4v) is 3.78. The number of hydrogen-bond acceptors (Lipinski definition) is 5. The third-order valence-corrected chi connectivity index (χ3v) is 5.01. The lowest BCUT2D eigenvalue weighted by atomic mass is 10.1. The number of hydrogen-bond donors (Lipinski definition) is 2. The van der Waals surface area contributed by atoms with Crippen LogP contribution < -0.4 is 10.0 Å². The minimum Gasteiger partial charge on any atom is -0.355 e. The predicted octanol–water partition coefficient (Wildman–Crippen LogP) is 4.35. The summed E-state index contributed by atoms with van der Waals surface area (Å²) in [5.74, 6) is 0. The van der Waals surface area contributed by atoms with Gasteiger partial charge in [-0.1, -0.05) is 42.5 Å². The minimum absolute atomic E-state index is 0.168. The van der Waals surface area contributed by atoms with E-state index in [-0.39, 0.29) is 6.04 Å². The van der Waals surface area contributed by atoms with Gasteiger partial charge < -0.3 is 5.32 Å². The van der Waals surface area contributed by atoms with Gasteiger partial charge in [0.05, 0.1) is 18.0 Å². The summed E-state index contributed by atoms with van der Waals surface area (Å²) in [6.45, 7) is 2.10. The standard InChI is InChI=1S/C18H19N3O2S2/c1-13(14-6-4-3-5-7-14)19-18-20-17(12-24-18)15-8-10-16(11-9-15)21-25(2,22)23/h3-13,21H,1-2H3,(H,19,20)/t13-/m1/s1. The fourth-order valence-electron chi connectivity index (χ4n) is 2.41. The highest BCUT2D eigenvalue weighted by molar-refractivity contribution is 7.92. The molecule has 2 aromatic carbocycles. The summed E-state index contributed by atoms with van der Waals surface area (Å²) in [5.41, 5.74) is 3.54.